The number of rotatable bonds is 6. The van der Waals surface area contributed by atoms with E-state index in [2.05, 4.69) is 37.3 Å². The Morgan fingerprint density at radius 3 is 2.89 bits per heavy atom. The average molecular weight is 367 g/mol. The predicted molar refractivity (Wildman–Crippen MR) is 104 cm³/mol. The molecule has 3 aliphatic rings. The van der Waals surface area contributed by atoms with Gasteiger partial charge in [0, 0.05) is 70.2 Å². The van der Waals surface area contributed by atoms with Gasteiger partial charge in [-0.3, -0.25) is 14.7 Å². The Labute approximate surface area is 161 Å². The first-order valence-electron chi connectivity index (χ1n) is 10.1. The van der Waals surface area contributed by atoms with Crippen molar-refractivity contribution in [2.45, 2.75) is 51.7 Å². The number of fused-ring (bicyclic) bond motifs is 4. The zero-order chi connectivity index (χ0) is 18.6. The largest absolute Gasteiger partial charge is 0.338 e. The fraction of sp³-hybridized carbons (Fsp3) is 0.571. The number of carbonyl (C=O) groups excluding carboxylic acids is 1. The molecule has 2 atom stereocenters. The van der Waals surface area contributed by atoms with E-state index in [1.54, 1.807) is 0 Å². The highest BCUT2D eigenvalue weighted by molar-refractivity contribution is 5.76. The Hall–Kier alpha value is -2.21. The Morgan fingerprint density at radius 2 is 2.07 bits per heavy atom. The molecule has 1 amide bonds. The zero-order valence-electron chi connectivity index (χ0n) is 16.1. The van der Waals surface area contributed by atoms with Crippen LogP contribution in [-0.4, -0.2) is 55.9 Å². The highest BCUT2D eigenvalue weighted by atomic mass is 16.2. The number of hydrogen-bond donors (Lipinski definition) is 0. The molecule has 2 aromatic heterocycles. The van der Waals surface area contributed by atoms with Crippen molar-refractivity contribution >= 4 is 5.91 Å². The number of amides is 1. The summed E-state index contributed by atoms with van der Waals surface area (Å²) in [5, 5.41) is 0. The van der Waals surface area contributed by atoms with E-state index >= 15 is 0 Å². The average Bonchev–Trinajstić information content (AvgIpc) is 2.98. The van der Waals surface area contributed by atoms with Crippen molar-refractivity contribution in [1.82, 2.24) is 24.3 Å². The van der Waals surface area contributed by atoms with Gasteiger partial charge in [0.25, 0.3) is 0 Å². The molecule has 6 nitrogen and oxygen atoms in total. The summed E-state index contributed by atoms with van der Waals surface area (Å²) in [4.78, 5) is 26.4. The van der Waals surface area contributed by atoms with Crippen LogP contribution in [0.15, 0.2) is 36.8 Å². The molecule has 2 aromatic rings. The maximum atomic E-state index is 13.0. The van der Waals surface area contributed by atoms with Gasteiger partial charge >= 0.3 is 0 Å². The third kappa shape index (κ3) is 4.21. The first-order valence-corrected chi connectivity index (χ1v) is 10.1. The molecular formula is C21H29N5O. The van der Waals surface area contributed by atoms with Gasteiger partial charge in [0.15, 0.2) is 0 Å². The van der Waals surface area contributed by atoms with Gasteiger partial charge in [0.05, 0.1) is 5.69 Å². The van der Waals surface area contributed by atoms with Crippen LogP contribution in [0.4, 0.5) is 0 Å². The second-order valence-electron chi connectivity index (χ2n) is 7.80. The van der Waals surface area contributed by atoms with Gasteiger partial charge in [-0.25, -0.2) is 4.98 Å². The van der Waals surface area contributed by atoms with Crippen molar-refractivity contribution in [2.24, 2.45) is 5.92 Å². The summed E-state index contributed by atoms with van der Waals surface area (Å²) in [6.07, 6.45) is 9.49. The molecule has 27 heavy (non-hydrogen) atoms. The van der Waals surface area contributed by atoms with Gasteiger partial charge in [0.1, 0.15) is 5.82 Å². The molecule has 5 rings (SSSR count). The Kier molecular flexibility index (Phi) is 5.53. The van der Waals surface area contributed by atoms with Gasteiger partial charge in [-0.2, -0.15) is 0 Å². The molecule has 144 valence electrons. The van der Waals surface area contributed by atoms with E-state index in [0.717, 1.165) is 57.1 Å². The minimum atomic E-state index is 0.292. The van der Waals surface area contributed by atoms with Crippen LogP contribution in [0.25, 0.3) is 0 Å². The molecular weight excluding hydrogens is 338 g/mol. The molecule has 3 saturated heterocycles. The fourth-order valence-electron chi connectivity index (χ4n) is 4.55. The number of nitrogens with zero attached hydrogens (tertiary/aromatic N) is 5. The zero-order valence-corrected chi connectivity index (χ0v) is 16.1. The lowest BCUT2D eigenvalue weighted by Gasteiger charge is -2.36. The van der Waals surface area contributed by atoms with Crippen LogP contribution in [0, 0.1) is 5.92 Å². The summed E-state index contributed by atoms with van der Waals surface area (Å²) in [7, 11) is 0. The number of imidazole rings is 1. The number of aryl methyl sites for hydroxylation is 2. The Bertz CT molecular complexity index is 759. The highest BCUT2D eigenvalue weighted by Gasteiger charge is 2.36. The van der Waals surface area contributed by atoms with E-state index in [-0.39, 0.29) is 0 Å². The molecule has 6 heteroatoms. The normalized spacial score (nSPS) is 22.8. The van der Waals surface area contributed by atoms with Crippen molar-refractivity contribution in [3.8, 4) is 0 Å². The smallest absolute Gasteiger partial charge is 0.224 e. The molecule has 0 aromatic carbocycles. The van der Waals surface area contributed by atoms with Crippen LogP contribution >= 0.6 is 0 Å². The first kappa shape index (κ1) is 18.2. The van der Waals surface area contributed by atoms with Crippen molar-refractivity contribution in [3.63, 3.8) is 0 Å². The quantitative estimate of drug-likeness (QED) is 0.786. The van der Waals surface area contributed by atoms with Crippen LogP contribution in [0.5, 0.6) is 0 Å². The van der Waals surface area contributed by atoms with Crippen molar-refractivity contribution in [2.75, 3.05) is 19.6 Å². The van der Waals surface area contributed by atoms with Crippen LogP contribution in [0.3, 0.4) is 0 Å². The summed E-state index contributed by atoms with van der Waals surface area (Å²) in [6.45, 7) is 6.65. The first-order chi connectivity index (χ1) is 13.2. The number of aromatic nitrogens is 3. The van der Waals surface area contributed by atoms with E-state index in [0.29, 0.717) is 24.3 Å². The van der Waals surface area contributed by atoms with Crippen molar-refractivity contribution in [3.05, 3.63) is 48.3 Å². The second-order valence-corrected chi connectivity index (χ2v) is 7.80. The third-order valence-corrected chi connectivity index (χ3v) is 5.91. The van der Waals surface area contributed by atoms with Crippen LogP contribution in [0.1, 0.15) is 37.7 Å². The molecule has 3 fully saturated rings. The van der Waals surface area contributed by atoms with E-state index in [4.69, 9.17) is 0 Å². The van der Waals surface area contributed by atoms with Crippen molar-refractivity contribution in [1.29, 1.82) is 0 Å². The Balaban J connectivity index is 1.37. The monoisotopic (exact) mass is 367 g/mol. The predicted octanol–water partition coefficient (Wildman–Crippen LogP) is 2.35. The Morgan fingerprint density at radius 1 is 1.15 bits per heavy atom. The summed E-state index contributed by atoms with van der Waals surface area (Å²) in [5.74, 6) is 1.93. The molecule has 3 aliphatic heterocycles. The van der Waals surface area contributed by atoms with Gasteiger partial charge < -0.3 is 9.47 Å². The molecule has 0 saturated carbocycles. The summed E-state index contributed by atoms with van der Waals surface area (Å²) < 4.78 is 2.11. The SMILES string of the molecule is CCc1nccn1CCC(=O)N1C[C@H]2CC[C@@H]1CN(Cc1ccccn1)C2. The topological polar surface area (TPSA) is 54.3 Å². The lowest BCUT2D eigenvalue weighted by Crippen LogP contribution is -2.47. The molecule has 0 aliphatic carbocycles. The lowest BCUT2D eigenvalue weighted by molar-refractivity contribution is -0.135. The molecule has 5 heterocycles. The summed E-state index contributed by atoms with van der Waals surface area (Å²) >= 11 is 0. The van der Waals surface area contributed by atoms with Gasteiger partial charge in [-0.15, -0.1) is 0 Å². The third-order valence-electron chi connectivity index (χ3n) is 5.91. The summed E-state index contributed by atoms with van der Waals surface area (Å²) in [6, 6.07) is 6.44. The van der Waals surface area contributed by atoms with Crippen molar-refractivity contribution < 1.29 is 4.79 Å². The molecule has 0 spiro atoms. The van der Waals surface area contributed by atoms with E-state index in [1.165, 1.54) is 6.42 Å². The number of pyridine rings is 1. The second kappa shape index (κ2) is 8.21. The van der Waals surface area contributed by atoms with E-state index in [9.17, 15) is 4.79 Å². The maximum Gasteiger partial charge on any atom is 0.224 e. The fourth-order valence-corrected chi connectivity index (χ4v) is 4.55. The number of carbonyl (C=O) groups is 1. The standard InChI is InChI=1S/C21H29N5O/c1-2-20-23-10-12-25(20)11-8-21(27)26-14-17-6-7-19(26)16-24(13-17)15-18-5-3-4-9-22-18/h3-5,9-10,12,17,19H,2,6-8,11,13-16H2,1H3/t17-,19+/m0/s1. The highest BCUT2D eigenvalue weighted by Crippen LogP contribution is 2.29. The van der Waals surface area contributed by atoms with Gasteiger partial charge in [-0.05, 0) is 30.9 Å². The molecule has 0 N–H and O–H groups in total. The van der Waals surface area contributed by atoms with E-state index in [1.807, 2.05) is 30.7 Å². The lowest BCUT2D eigenvalue weighted by atomic mass is 9.94. The van der Waals surface area contributed by atoms with Gasteiger partial charge in [0.2, 0.25) is 5.91 Å². The molecule has 0 unspecified atom stereocenters. The van der Waals surface area contributed by atoms with Crippen LogP contribution < -0.4 is 0 Å². The minimum absolute atomic E-state index is 0.292. The maximum absolute atomic E-state index is 13.0. The van der Waals surface area contributed by atoms with Crippen LogP contribution in [0.2, 0.25) is 0 Å². The van der Waals surface area contributed by atoms with Crippen LogP contribution in [-0.2, 0) is 24.3 Å². The summed E-state index contributed by atoms with van der Waals surface area (Å²) in [5.41, 5.74) is 1.11. The minimum Gasteiger partial charge on any atom is -0.338 e. The van der Waals surface area contributed by atoms with Gasteiger partial charge in [-0.1, -0.05) is 13.0 Å². The van der Waals surface area contributed by atoms with E-state index < -0.39 is 0 Å². The number of piperidine rings is 1. The number of hydrogen-bond acceptors (Lipinski definition) is 4. The molecule has 2 bridgehead atoms. The molecule has 0 radical (unpaired) electrons.